The number of nitrogens with zero attached hydrogens (tertiary/aromatic N) is 2. The molecule has 2 aromatic carbocycles. The summed E-state index contributed by atoms with van der Waals surface area (Å²) in [7, 11) is 0. The van der Waals surface area contributed by atoms with Gasteiger partial charge in [-0.15, -0.1) is 0 Å². The van der Waals surface area contributed by atoms with Crippen molar-refractivity contribution < 1.29 is 9.72 Å². The first-order chi connectivity index (χ1) is 11.9. The van der Waals surface area contributed by atoms with Crippen LogP contribution in [0.25, 0.3) is 0 Å². The van der Waals surface area contributed by atoms with E-state index in [2.05, 4.69) is 5.32 Å². The van der Waals surface area contributed by atoms with E-state index in [1.54, 1.807) is 43.3 Å². The Bertz CT molecular complexity index is 813. The van der Waals surface area contributed by atoms with Gasteiger partial charge in [0.25, 0.3) is 5.91 Å². The van der Waals surface area contributed by atoms with Gasteiger partial charge < -0.3 is 5.32 Å². The highest BCUT2D eigenvalue weighted by Crippen LogP contribution is 2.35. The second-order valence-electron chi connectivity index (χ2n) is 6.09. The number of amides is 1. The van der Waals surface area contributed by atoms with Gasteiger partial charge in [0, 0.05) is 4.92 Å². The SMILES string of the molecule is C[C@@]1([C@H](C[N+](=O)[O-])c2ccccc2)NC(=S)N(c2ccccc2)C1=O. The van der Waals surface area contributed by atoms with Crippen LogP contribution in [0.2, 0.25) is 0 Å². The average Bonchev–Trinajstić information content (AvgIpc) is 2.84. The van der Waals surface area contributed by atoms with E-state index in [4.69, 9.17) is 12.2 Å². The molecule has 0 spiro atoms. The minimum Gasteiger partial charge on any atom is -0.347 e. The van der Waals surface area contributed by atoms with Crippen molar-refractivity contribution in [3.63, 3.8) is 0 Å². The van der Waals surface area contributed by atoms with E-state index >= 15 is 0 Å². The molecule has 1 aliphatic rings. The van der Waals surface area contributed by atoms with Crippen LogP contribution >= 0.6 is 12.2 Å². The fraction of sp³-hybridized carbons (Fsp3) is 0.222. The van der Waals surface area contributed by atoms with Crippen molar-refractivity contribution in [2.75, 3.05) is 11.4 Å². The molecule has 2 aromatic rings. The van der Waals surface area contributed by atoms with Crippen LogP contribution in [-0.2, 0) is 4.79 Å². The van der Waals surface area contributed by atoms with E-state index < -0.39 is 16.4 Å². The van der Waals surface area contributed by atoms with Crippen molar-refractivity contribution in [3.8, 4) is 0 Å². The highest BCUT2D eigenvalue weighted by Gasteiger charge is 2.53. The topological polar surface area (TPSA) is 75.5 Å². The van der Waals surface area contributed by atoms with Gasteiger partial charge in [0.1, 0.15) is 5.54 Å². The highest BCUT2D eigenvalue weighted by molar-refractivity contribution is 7.80. The third-order valence-electron chi connectivity index (χ3n) is 4.46. The molecule has 0 aromatic heterocycles. The summed E-state index contributed by atoms with van der Waals surface area (Å²) in [6.45, 7) is 1.30. The zero-order valence-electron chi connectivity index (χ0n) is 13.6. The molecule has 0 bridgehead atoms. The fourth-order valence-electron chi connectivity index (χ4n) is 3.16. The van der Waals surface area contributed by atoms with Crippen LogP contribution in [0.1, 0.15) is 18.4 Å². The Hall–Kier alpha value is -2.80. The van der Waals surface area contributed by atoms with Crippen molar-refractivity contribution >= 4 is 28.9 Å². The number of nitro groups is 1. The van der Waals surface area contributed by atoms with Crippen LogP contribution in [0, 0.1) is 10.1 Å². The predicted octanol–water partition coefficient (Wildman–Crippen LogP) is 2.73. The molecule has 1 fully saturated rings. The molecule has 1 N–H and O–H groups in total. The number of benzene rings is 2. The van der Waals surface area contributed by atoms with Crippen LogP contribution in [-0.4, -0.2) is 28.0 Å². The normalized spacial score (nSPS) is 21.1. The van der Waals surface area contributed by atoms with Gasteiger partial charge >= 0.3 is 0 Å². The summed E-state index contributed by atoms with van der Waals surface area (Å²) in [4.78, 5) is 25.4. The fourth-order valence-corrected chi connectivity index (χ4v) is 3.56. The van der Waals surface area contributed by atoms with Crippen molar-refractivity contribution in [2.24, 2.45) is 0 Å². The molecule has 7 heteroatoms. The average molecular weight is 355 g/mol. The van der Waals surface area contributed by atoms with Crippen molar-refractivity contribution in [1.82, 2.24) is 5.32 Å². The third kappa shape index (κ3) is 3.10. The molecule has 128 valence electrons. The summed E-state index contributed by atoms with van der Waals surface area (Å²) in [5, 5.41) is 14.5. The molecular weight excluding hydrogens is 338 g/mol. The zero-order chi connectivity index (χ0) is 18.0. The number of para-hydroxylation sites is 1. The molecule has 1 aliphatic heterocycles. The van der Waals surface area contributed by atoms with Crippen LogP contribution in [0.15, 0.2) is 60.7 Å². The molecule has 25 heavy (non-hydrogen) atoms. The van der Waals surface area contributed by atoms with Crippen LogP contribution in [0.3, 0.4) is 0 Å². The van der Waals surface area contributed by atoms with Gasteiger partial charge in [0.15, 0.2) is 5.11 Å². The lowest BCUT2D eigenvalue weighted by Crippen LogP contribution is -2.51. The van der Waals surface area contributed by atoms with E-state index in [0.717, 1.165) is 5.56 Å². The lowest BCUT2D eigenvalue weighted by molar-refractivity contribution is -0.484. The molecular formula is C18H17N3O3S. The standard InChI is InChI=1S/C18H17N3O3S/c1-18(15(12-20(23)24)13-8-4-2-5-9-13)16(22)21(17(25)19-18)14-10-6-3-7-11-14/h2-11,15H,12H2,1H3,(H,19,25)/t15-,18+/m1/s1. The van der Waals surface area contributed by atoms with Crippen LogP contribution in [0.5, 0.6) is 0 Å². The Labute approximate surface area is 150 Å². The molecule has 2 atom stereocenters. The molecule has 6 nitrogen and oxygen atoms in total. The number of carbonyl (C=O) groups excluding carboxylic acids is 1. The number of hydrogen-bond acceptors (Lipinski definition) is 4. The summed E-state index contributed by atoms with van der Waals surface area (Å²) < 4.78 is 0. The Balaban J connectivity index is 2.02. The van der Waals surface area contributed by atoms with Crippen molar-refractivity contribution in [2.45, 2.75) is 18.4 Å². The lowest BCUT2D eigenvalue weighted by atomic mass is 9.80. The Morgan fingerprint density at radius 3 is 2.28 bits per heavy atom. The zero-order valence-corrected chi connectivity index (χ0v) is 14.4. The maximum Gasteiger partial charge on any atom is 0.259 e. The van der Waals surface area contributed by atoms with Gasteiger partial charge in [-0.05, 0) is 36.8 Å². The van der Waals surface area contributed by atoms with E-state index in [1.807, 2.05) is 24.3 Å². The molecule has 0 unspecified atom stereocenters. The number of nitrogens with one attached hydrogen (secondary N) is 1. The second-order valence-corrected chi connectivity index (χ2v) is 6.47. The van der Waals surface area contributed by atoms with E-state index in [-0.39, 0.29) is 17.6 Å². The molecule has 0 radical (unpaired) electrons. The second kappa shape index (κ2) is 6.60. The first-order valence-corrected chi connectivity index (χ1v) is 8.23. The van der Waals surface area contributed by atoms with Gasteiger partial charge in [-0.2, -0.15) is 0 Å². The van der Waals surface area contributed by atoms with Crippen LogP contribution in [0.4, 0.5) is 5.69 Å². The van der Waals surface area contributed by atoms with Gasteiger partial charge in [-0.3, -0.25) is 19.8 Å². The quantitative estimate of drug-likeness (QED) is 0.507. The largest absolute Gasteiger partial charge is 0.347 e. The summed E-state index contributed by atoms with van der Waals surface area (Å²) >= 11 is 5.36. The number of carbonyl (C=O) groups is 1. The van der Waals surface area contributed by atoms with Crippen LogP contribution < -0.4 is 10.2 Å². The van der Waals surface area contributed by atoms with E-state index in [1.165, 1.54) is 4.90 Å². The van der Waals surface area contributed by atoms with Crippen molar-refractivity contribution in [3.05, 3.63) is 76.3 Å². The molecule has 1 amide bonds. The smallest absolute Gasteiger partial charge is 0.259 e. The van der Waals surface area contributed by atoms with E-state index in [0.29, 0.717) is 5.69 Å². The van der Waals surface area contributed by atoms with Crippen molar-refractivity contribution in [1.29, 1.82) is 0 Å². The highest BCUT2D eigenvalue weighted by atomic mass is 32.1. The molecule has 0 aliphatic carbocycles. The Morgan fingerprint density at radius 1 is 1.16 bits per heavy atom. The number of anilines is 1. The molecule has 3 rings (SSSR count). The lowest BCUT2D eigenvalue weighted by Gasteiger charge is -2.29. The predicted molar refractivity (Wildman–Crippen MR) is 99.1 cm³/mol. The van der Waals surface area contributed by atoms with Gasteiger partial charge in [0.05, 0.1) is 11.6 Å². The number of thiocarbonyl (C=S) groups is 1. The Morgan fingerprint density at radius 2 is 1.72 bits per heavy atom. The third-order valence-corrected chi connectivity index (χ3v) is 4.75. The first-order valence-electron chi connectivity index (χ1n) is 7.82. The maximum absolute atomic E-state index is 13.2. The summed E-state index contributed by atoms with van der Waals surface area (Å²) in [5.74, 6) is -0.942. The number of hydrogen-bond donors (Lipinski definition) is 1. The summed E-state index contributed by atoms with van der Waals surface area (Å²) in [5.41, 5.74) is 0.170. The van der Waals surface area contributed by atoms with Gasteiger partial charge in [0.2, 0.25) is 6.54 Å². The molecule has 0 saturated carbocycles. The van der Waals surface area contributed by atoms with Gasteiger partial charge in [-0.25, -0.2) is 0 Å². The molecule has 1 saturated heterocycles. The summed E-state index contributed by atoms with van der Waals surface area (Å²) in [6.07, 6.45) is 0. The molecule has 1 heterocycles. The Kier molecular flexibility index (Phi) is 4.50. The maximum atomic E-state index is 13.2. The monoisotopic (exact) mass is 355 g/mol. The van der Waals surface area contributed by atoms with E-state index in [9.17, 15) is 14.9 Å². The summed E-state index contributed by atoms with van der Waals surface area (Å²) in [6, 6.07) is 18.1. The first kappa shape index (κ1) is 17.0. The minimum atomic E-state index is -1.19. The minimum absolute atomic E-state index is 0.253. The van der Waals surface area contributed by atoms with Gasteiger partial charge in [-0.1, -0.05) is 48.5 Å². The number of rotatable bonds is 5.